The first-order valence-electron chi connectivity index (χ1n) is 9.92. The Labute approximate surface area is 187 Å². The van der Waals surface area contributed by atoms with Gasteiger partial charge in [0.2, 0.25) is 0 Å². The van der Waals surface area contributed by atoms with Gasteiger partial charge in [-0.15, -0.1) is 23.5 Å². The standard InChI is InChI=1S/C24H25OPS3/c27-26(22-8-3-1-4-9-22,23-10-5-2-6-11-23)17-16-25-21-14-12-20(13-15-21)24-28-18-7-19-29-24/h1-6,8-15,24H,7,16-19H2. The Kier molecular flexibility index (Phi) is 7.42. The summed E-state index contributed by atoms with van der Waals surface area (Å²) in [7, 11) is 0. The van der Waals surface area contributed by atoms with Crippen LogP contribution in [0.25, 0.3) is 0 Å². The van der Waals surface area contributed by atoms with Crippen molar-refractivity contribution in [3.8, 4) is 5.75 Å². The lowest BCUT2D eigenvalue weighted by Gasteiger charge is -2.24. The fourth-order valence-electron chi connectivity index (χ4n) is 3.44. The molecule has 5 heteroatoms. The second-order valence-electron chi connectivity index (χ2n) is 6.98. The summed E-state index contributed by atoms with van der Waals surface area (Å²) in [6.45, 7) is 0.632. The summed E-state index contributed by atoms with van der Waals surface area (Å²) in [6.07, 6.45) is 2.17. The summed E-state index contributed by atoms with van der Waals surface area (Å²) in [4.78, 5) is 0. The molecule has 0 aliphatic carbocycles. The highest BCUT2D eigenvalue weighted by Gasteiger charge is 2.22. The third kappa shape index (κ3) is 5.30. The van der Waals surface area contributed by atoms with E-state index in [0.29, 0.717) is 11.2 Å². The van der Waals surface area contributed by atoms with Crippen LogP contribution < -0.4 is 15.3 Å². The van der Waals surface area contributed by atoms with Crippen molar-refractivity contribution >= 4 is 52.0 Å². The SMILES string of the molecule is S=P(CCOc1ccc(C2SCCCS2)cc1)(c1ccccc1)c1ccccc1. The van der Waals surface area contributed by atoms with Gasteiger partial charge in [-0.2, -0.15) is 0 Å². The van der Waals surface area contributed by atoms with Gasteiger partial charge in [0.1, 0.15) is 5.75 Å². The van der Waals surface area contributed by atoms with Gasteiger partial charge in [-0.3, -0.25) is 0 Å². The van der Waals surface area contributed by atoms with Crippen LogP contribution in [-0.4, -0.2) is 24.3 Å². The van der Waals surface area contributed by atoms with Crippen LogP contribution in [-0.2, 0) is 11.8 Å². The highest BCUT2D eigenvalue weighted by Crippen LogP contribution is 2.44. The van der Waals surface area contributed by atoms with E-state index < -0.39 is 6.04 Å². The molecule has 1 aliphatic rings. The smallest absolute Gasteiger partial charge is 0.119 e. The van der Waals surface area contributed by atoms with Crippen LogP contribution in [0.3, 0.4) is 0 Å². The van der Waals surface area contributed by atoms with E-state index in [1.54, 1.807) is 0 Å². The van der Waals surface area contributed by atoms with Crippen LogP contribution >= 0.6 is 29.6 Å². The Morgan fingerprint density at radius 1 is 0.793 bits per heavy atom. The van der Waals surface area contributed by atoms with Crippen molar-refractivity contribution in [3.63, 3.8) is 0 Å². The molecule has 1 fully saturated rings. The summed E-state index contributed by atoms with van der Waals surface area (Å²) in [6, 6.07) is 27.9. The Morgan fingerprint density at radius 3 is 1.90 bits per heavy atom. The van der Waals surface area contributed by atoms with E-state index in [1.165, 1.54) is 34.1 Å². The third-order valence-electron chi connectivity index (χ3n) is 5.00. The van der Waals surface area contributed by atoms with Crippen molar-refractivity contribution in [2.75, 3.05) is 24.3 Å². The molecule has 0 N–H and O–H groups in total. The number of hydrogen-bond acceptors (Lipinski definition) is 4. The predicted octanol–water partition coefficient (Wildman–Crippen LogP) is 6.06. The van der Waals surface area contributed by atoms with E-state index in [-0.39, 0.29) is 0 Å². The summed E-state index contributed by atoms with van der Waals surface area (Å²) < 4.78 is 6.70. The van der Waals surface area contributed by atoms with Crippen LogP contribution in [0.1, 0.15) is 16.6 Å². The first-order valence-corrected chi connectivity index (χ1v) is 15.0. The first-order chi connectivity index (χ1) is 14.3. The minimum Gasteiger partial charge on any atom is -0.493 e. The molecule has 29 heavy (non-hydrogen) atoms. The Bertz CT molecular complexity index is 895. The Morgan fingerprint density at radius 2 is 1.34 bits per heavy atom. The fraction of sp³-hybridized carbons (Fsp3) is 0.250. The Hall–Kier alpha value is -1.19. The quantitative estimate of drug-likeness (QED) is 0.399. The molecule has 0 saturated carbocycles. The van der Waals surface area contributed by atoms with Crippen molar-refractivity contribution in [2.24, 2.45) is 0 Å². The van der Waals surface area contributed by atoms with Crippen LogP contribution in [0.4, 0.5) is 0 Å². The van der Waals surface area contributed by atoms with Crippen molar-refractivity contribution in [1.29, 1.82) is 0 Å². The highest BCUT2D eigenvalue weighted by atomic mass is 32.4. The van der Waals surface area contributed by atoms with E-state index in [1.807, 2.05) is 0 Å². The Balaban J connectivity index is 1.44. The van der Waals surface area contributed by atoms with Crippen molar-refractivity contribution in [2.45, 2.75) is 11.0 Å². The molecule has 0 atom stereocenters. The third-order valence-corrected chi connectivity index (χ3v) is 12.9. The van der Waals surface area contributed by atoms with Gasteiger partial charge < -0.3 is 4.74 Å². The van der Waals surface area contributed by atoms with Gasteiger partial charge in [0.25, 0.3) is 0 Å². The van der Waals surface area contributed by atoms with Gasteiger partial charge >= 0.3 is 0 Å². The zero-order valence-corrected chi connectivity index (χ0v) is 19.6. The van der Waals surface area contributed by atoms with Gasteiger partial charge in [-0.05, 0) is 46.2 Å². The van der Waals surface area contributed by atoms with Gasteiger partial charge in [-0.1, -0.05) is 84.6 Å². The fourth-order valence-corrected chi connectivity index (χ4v) is 9.76. The molecular weight excluding hydrogens is 431 g/mol. The normalized spacial score (nSPS) is 15.2. The second-order valence-corrected chi connectivity index (χ2v) is 14.5. The molecule has 0 aromatic heterocycles. The van der Waals surface area contributed by atoms with Gasteiger partial charge in [-0.25, -0.2) is 0 Å². The number of hydrogen-bond donors (Lipinski definition) is 0. The molecular formula is C24H25OPS3. The van der Waals surface area contributed by atoms with E-state index in [4.69, 9.17) is 16.5 Å². The van der Waals surface area contributed by atoms with E-state index in [9.17, 15) is 0 Å². The molecule has 4 rings (SSSR count). The van der Waals surface area contributed by atoms with E-state index in [0.717, 1.165) is 11.9 Å². The molecule has 3 aromatic carbocycles. The zero-order chi connectivity index (χ0) is 19.9. The average molecular weight is 457 g/mol. The number of rotatable bonds is 7. The average Bonchev–Trinajstić information content (AvgIpc) is 2.81. The molecule has 1 nitrogen and oxygen atoms in total. The maximum absolute atomic E-state index is 6.28. The number of benzene rings is 3. The maximum Gasteiger partial charge on any atom is 0.119 e. The molecule has 150 valence electrons. The molecule has 1 aliphatic heterocycles. The second kappa shape index (κ2) is 10.2. The lowest BCUT2D eigenvalue weighted by molar-refractivity contribution is 0.343. The summed E-state index contributed by atoms with van der Waals surface area (Å²) in [5.74, 6) is 3.46. The molecule has 0 radical (unpaired) electrons. The van der Waals surface area contributed by atoms with Gasteiger partial charge in [0, 0.05) is 12.2 Å². The van der Waals surface area contributed by atoms with Gasteiger partial charge in [0.15, 0.2) is 0 Å². The zero-order valence-electron chi connectivity index (χ0n) is 16.3. The van der Waals surface area contributed by atoms with Crippen molar-refractivity contribution in [1.82, 2.24) is 0 Å². The molecule has 1 heterocycles. The lowest BCUT2D eigenvalue weighted by atomic mass is 10.2. The highest BCUT2D eigenvalue weighted by molar-refractivity contribution is 8.22. The van der Waals surface area contributed by atoms with E-state index >= 15 is 0 Å². The van der Waals surface area contributed by atoms with E-state index in [2.05, 4.69) is 108 Å². The van der Waals surface area contributed by atoms with Crippen LogP contribution in [0.2, 0.25) is 0 Å². The van der Waals surface area contributed by atoms with Crippen LogP contribution in [0.5, 0.6) is 5.75 Å². The summed E-state index contributed by atoms with van der Waals surface area (Å²) in [5, 5.41) is 2.51. The number of ether oxygens (including phenoxy) is 1. The molecule has 0 unspecified atom stereocenters. The molecule has 0 amide bonds. The maximum atomic E-state index is 6.28. The summed E-state index contributed by atoms with van der Waals surface area (Å²) in [5.41, 5.74) is 1.39. The molecule has 0 bridgehead atoms. The molecule has 3 aromatic rings. The van der Waals surface area contributed by atoms with Crippen molar-refractivity contribution in [3.05, 3.63) is 90.5 Å². The minimum absolute atomic E-state index is 0.570. The monoisotopic (exact) mass is 456 g/mol. The largest absolute Gasteiger partial charge is 0.493 e. The van der Waals surface area contributed by atoms with Gasteiger partial charge in [0.05, 0.1) is 11.2 Å². The predicted molar refractivity (Wildman–Crippen MR) is 136 cm³/mol. The van der Waals surface area contributed by atoms with Crippen molar-refractivity contribution < 1.29 is 4.74 Å². The molecule has 0 spiro atoms. The minimum atomic E-state index is -1.89. The summed E-state index contributed by atoms with van der Waals surface area (Å²) >= 11 is 10.4. The molecule has 1 saturated heterocycles. The first kappa shape index (κ1) is 21.1. The lowest BCUT2D eigenvalue weighted by Crippen LogP contribution is -2.21. The topological polar surface area (TPSA) is 9.23 Å². The van der Waals surface area contributed by atoms with Crippen LogP contribution in [0.15, 0.2) is 84.9 Å². The van der Waals surface area contributed by atoms with Crippen LogP contribution in [0, 0.1) is 0 Å². The number of thioether (sulfide) groups is 2.